The van der Waals surface area contributed by atoms with Crippen LogP contribution in [0.15, 0.2) is 0 Å². The summed E-state index contributed by atoms with van der Waals surface area (Å²) < 4.78 is 5.03. The van der Waals surface area contributed by atoms with E-state index in [2.05, 4.69) is 22.2 Å². The highest BCUT2D eigenvalue weighted by molar-refractivity contribution is 4.69. The zero-order valence-electron chi connectivity index (χ0n) is 11.6. The lowest BCUT2D eigenvalue weighted by atomic mass is 10.2. The average Bonchev–Trinajstić information content (AvgIpc) is 2.35. The van der Waals surface area contributed by atoms with Crippen LogP contribution in [0.25, 0.3) is 0 Å². The molecule has 4 nitrogen and oxygen atoms in total. The summed E-state index contributed by atoms with van der Waals surface area (Å²) in [7, 11) is 3.98. The molecule has 0 aromatic carbocycles. The van der Waals surface area contributed by atoms with Crippen molar-refractivity contribution in [1.29, 1.82) is 0 Å². The van der Waals surface area contributed by atoms with Crippen LogP contribution >= 0.6 is 0 Å². The quantitative estimate of drug-likeness (QED) is 0.602. The highest BCUT2D eigenvalue weighted by Crippen LogP contribution is 1.98. The smallest absolute Gasteiger partial charge is 0.0462 e. The van der Waals surface area contributed by atoms with Gasteiger partial charge in [-0.2, -0.15) is 0 Å². The van der Waals surface area contributed by atoms with Crippen molar-refractivity contribution in [3.05, 3.63) is 0 Å². The maximum atomic E-state index is 5.03. The highest BCUT2D eigenvalue weighted by atomic mass is 16.5. The first kappa shape index (κ1) is 14.9. The Hall–Kier alpha value is -0.160. The molecule has 0 radical (unpaired) electrons. The maximum absolute atomic E-state index is 5.03. The van der Waals surface area contributed by atoms with Gasteiger partial charge in [0.25, 0.3) is 0 Å². The van der Waals surface area contributed by atoms with Crippen molar-refractivity contribution in [2.45, 2.75) is 19.3 Å². The fraction of sp³-hybridized carbons (Fsp3) is 1.00. The summed E-state index contributed by atoms with van der Waals surface area (Å²) in [6, 6.07) is 0. The molecule has 1 saturated heterocycles. The molecule has 0 aliphatic carbocycles. The Morgan fingerprint density at radius 2 is 1.76 bits per heavy atom. The lowest BCUT2D eigenvalue weighted by molar-refractivity contribution is 0.154. The topological polar surface area (TPSA) is 27.7 Å². The minimum absolute atomic E-state index is 0.904. The van der Waals surface area contributed by atoms with Crippen LogP contribution < -0.4 is 5.32 Å². The summed E-state index contributed by atoms with van der Waals surface area (Å²) in [5.74, 6) is 0. The molecule has 0 aromatic rings. The second kappa shape index (κ2) is 9.83. The van der Waals surface area contributed by atoms with E-state index in [-0.39, 0.29) is 0 Å². The van der Waals surface area contributed by atoms with Gasteiger partial charge < -0.3 is 15.0 Å². The van der Waals surface area contributed by atoms with Crippen molar-refractivity contribution in [2.24, 2.45) is 0 Å². The van der Waals surface area contributed by atoms with Crippen LogP contribution in [0.5, 0.6) is 0 Å². The van der Waals surface area contributed by atoms with Gasteiger partial charge in [-0.25, -0.2) is 0 Å². The van der Waals surface area contributed by atoms with E-state index in [0.29, 0.717) is 0 Å². The third-order valence-corrected chi connectivity index (χ3v) is 3.40. The molecule has 0 unspecified atom stereocenters. The van der Waals surface area contributed by atoms with E-state index in [1.807, 2.05) is 0 Å². The molecule has 1 aliphatic heterocycles. The van der Waals surface area contributed by atoms with E-state index in [1.54, 1.807) is 7.11 Å². The molecule has 17 heavy (non-hydrogen) atoms. The van der Waals surface area contributed by atoms with Crippen molar-refractivity contribution in [3.63, 3.8) is 0 Å². The molecule has 0 saturated carbocycles. The number of methoxy groups -OCH3 is 1. The maximum Gasteiger partial charge on any atom is 0.0462 e. The van der Waals surface area contributed by atoms with Crippen molar-refractivity contribution < 1.29 is 4.74 Å². The molecular weight excluding hydrogens is 214 g/mol. The van der Waals surface area contributed by atoms with E-state index < -0.39 is 0 Å². The van der Waals surface area contributed by atoms with Crippen molar-refractivity contribution >= 4 is 0 Å². The van der Waals surface area contributed by atoms with Crippen LogP contribution in [0.1, 0.15) is 19.3 Å². The van der Waals surface area contributed by atoms with E-state index in [9.17, 15) is 0 Å². The SMILES string of the molecule is COCCCCCNCCN1CCN(C)CC1. The molecule has 0 amide bonds. The molecule has 1 aliphatic rings. The van der Waals surface area contributed by atoms with E-state index in [0.717, 1.165) is 19.7 Å². The predicted molar refractivity (Wildman–Crippen MR) is 72.5 cm³/mol. The number of likely N-dealkylation sites (N-methyl/N-ethyl adjacent to an activating group) is 1. The van der Waals surface area contributed by atoms with Crippen LogP contribution in [0.3, 0.4) is 0 Å². The van der Waals surface area contributed by atoms with Gasteiger partial charge in [-0.15, -0.1) is 0 Å². The van der Waals surface area contributed by atoms with Gasteiger partial charge in [-0.1, -0.05) is 0 Å². The molecule has 102 valence electrons. The fourth-order valence-electron chi connectivity index (χ4n) is 2.11. The molecule has 4 heteroatoms. The first-order valence-electron chi connectivity index (χ1n) is 6.93. The number of hydrogen-bond donors (Lipinski definition) is 1. The molecule has 0 atom stereocenters. The molecule has 1 N–H and O–H groups in total. The Balaban J connectivity index is 1.81. The summed E-state index contributed by atoms with van der Waals surface area (Å²) in [6.45, 7) is 9.28. The zero-order chi connectivity index (χ0) is 12.3. The molecule has 1 heterocycles. The summed E-state index contributed by atoms with van der Waals surface area (Å²) >= 11 is 0. The lowest BCUT2D eigenvalue weighted by Gasteiger charge is -2.32. The summed E-state index contributed by atoms with van der Waals surface area (Å²) in [5, 5.41) is 3.52. The Bertz CT molecular complexity index is 170. The van der Waals surface area contributed by atoms with Gasteiger partial charge in [0.15, 0.2) is 0 Å². The van der Waals surface area contributed by atoms with Crippen LogP contribution in [-0.2, 0) is 4.74 Å². The second-order valence-corrected chi connectivity index (χ2v) is 4.95. The van der Waals surface area contributed by atoms with Gasteiger partial charge in [0.05, 0.1) is 0 Å². The zero-order valence-corrected chi connectivity index (χ0v) is 11.6. The Morgan fingerprint density at radius 3 is 2.47 bits per heavy atom. The van der Waals surface area contributed by atoms with Gasteiger partial charge in [-0.3, -0.25) is 4.90 Å². The first-order chi connectivity index (χ1) is 8.33. The number of piperazine rings is 1. The monoisotopic (exact) mass is 243 g/mol. The summed E-state index contributed by atoms with van der Waals surface area (Å²) in [5.41, 5.74) is 0. The Labute approximate surface area is 106 Å². The summed E-state index contributed by atoms with van der Waals surface area (Å²) in [6.07, 6.45) is 3.73. The molecule has 1 rings (SSSR count). The number of unbranched alkanes of at least 4 members (excludes halogenated alkanes) is 2. The number of nitrogens with zero attached hydrogens (tertiary/aromatic N) is 2. The highest BCUT2D eigenvalue weighted by Gasteiger charge is 2.12. The minimum atomic E-state index is 0.904. The molecule has 0 bridgehead atoms. The molecule has 1 fully saturated rings. The average molecular weight is 243 g/mol. The van der Waals surface area contributed by atoms with Crippen molar-refractivity contribution in [2.75, 3.05) is 66.6 Å². The van der Waals surface area contributed by atoms with Crippen molar-refractivity contribution in [3.8, 4) is 0 Å². The second-order valence-electron chi connectivity index (χ2n) is 4.95. The largest absolute Gasteiger partial charge is 0.385 e. The lowest BCUT2D eigenvalue weighted by Crippen LogP contribution is -2.46. The third-order valence-electron chi connectivity index (χ3n) is 3.40. The van der Waals surface area contributed by atoms with Crippen LogP contribution in [0.2, 0.25) is 0 Å². The van der Waals surface area contributed by atoms with E-state index >= 15 is 0 Å². The van der Waals surface area contributed by atoms with Gasteiger partial charge in [0.2, 0.25) is 0 Å². The Morgan fingerprint density at radius 1 is 1.00 bits per heavy atom. The van der Waals surface area contributed by atoms with Gasteiger partial charge in [0, 0.05) is 53.0 Å². The van der Waals surface area contributed by atoms with Gasteiger partial charge >= 0.3 is 0 Å². The minimum Gasteiger partial charge on any atom is -0.385 e. The van der Waals surface area contributed by atoms with E-state index in [4.69, 9.17) is 4.74 Å². The summed E-state index contributed by atoms with van der Waals surface area (Å²) in [4.78, 5) is 4.96. The Kier molecular flexibility index (Phi) is 8.61. The van der Waals surface area contributed by atoms with Crippen molar-refractivity contribution in [1.82, 2.24) is 15.1 Å². The molecule has 0 spiro atoms. The number of ether oxygens (including phenoxy) is 1. The third kappa shape index (κ3) is 7.71. The fourth-order valence-corrected chi connectivity index (χ4v) is 2.11. The predicted octanol–water partition coefficient (Wildman–Crippen LogP) is 0.640. The normalized spacial score (nSPS) is 18.7. The number of hydrogen-bond acceptors (Lipinski definition) is 4. The molecule has 0 aromatic heterocycles. The first-order valence-corrected chi connectivity index (χ1v) is 6.93. The van der Waals surface area contributed by atoms with Gasteiger partial charge in [-0.05, 0) is 32.9 Å². The molecular formula is C13H29N3O. The van der Waals surface area contributed by atoms with Crippen LogP contribution in [0.4, 0.5) is 0 Å². The number of nitrogens with one attached hydrogen (secondary N) is 1. The number of rotatable bonds is 9. The van der Waals surface area contributed by atoms with Crippen LogP contribution in [-0.4, -0.2) is 76.4 Å². The van der Waals surface area contributed by atoms with E-state index in [1.165, 1.54) is 52.0 Å². The van der Waals surface area contributed by atoms with Gasteiger partial charge in [0.1, 0.15) is 0 Å². The standard InChI is InChI=1S/C13H29N3O/c1-15-9-11-16(12-10-15)8-7-14-6-4-3-5-13-17-2/h14H,3-13H2,1-2H3. The van der Waals surface area contributed by atoms with Crippen LogP contribution in [0, 0.1) is 0 Å².